The van der Waals surface area contributed by atoms with Gasteiger partial charge in [-0.15, -0.1) is 0 Å². The molecule has 2 heterocycles. The number of carbonyl (C=O) groups excluding carboxylic acids is 1. The molecule has 4 aromatic rings. The number of hydrogen-bond acceptors (Lipinski definition) is 3. The summed E-state index contributed by atoms with van der Waals surface area (Å²) in [6, 6.07) is 19.6. The number of H-pyrrole nitrogens is 1. The molecule has 0 aliphatic rings. The van der Waals surface area contributed by atoms with Crippen LogP contribution in [0.4, 0.5) is 5.69 Å². The Bertz CT molecular complexity index is 1150. The van der Waals surface area contributed by atoms with Crippen molar-refractivity contribution in [3.63, 3.8) is 0 Å². The van der Waals surface area contributed by atoms with E-state index >= 15 is 0 Å². The zero-order valence-electron chi connectivity index (χ0n) is 17.0. The van der Waals surface area contributed by atoms with Crippen molar-refractivity contribution in [2.45, 2.75) is 5.92 Å². The molecule has 0 saturated carbocycles. The van der Waals surface area contributed by atoms with E-state index in [0.717, 1.165) is 27.7 Å². The van der Waals surface area contributed by atoms with Gasteiger partial charge in [0.25, 0.3) is 5.91 Å². The highest BCUT2D eigenvalue weighted by Gasteiger charge is 2.20. The third kappa shape index (κ3) is 3.98. The van der Waals surface area contributed by atoms with Crippen molar-refractivity contribution in [3.05, 3.63) is 101 Å². The van der Waals surface area contributed by atoms with Crippen LogP contribution in [0.1, 0.15) is 27.4 Å². The van der Waals surface area contributed by atoms with Gasteiger partial charge in [-0.05, 0) is 29.3 Å². The predicted octanol–water partition coefficient (Wildman–Crippen LogP) is 3.43. The molecule has 0 bridgehead atoms. The van der Waals surface area contributed by atoms with E-state index in [1.807, 2.05) is 38.5 Å². The second-order valence-electron chi connectivity index (χ2n) is 7.48. The van der Waals surface area contributed by atoms with Crippen molar-refractivity contribution in [1.82, 2.24) is 10.3 Å². The third-order valence-electron chi connectivity index (χ3n) is 5.34. The van der Waals surface area contributed by atoms with Gasteiger partial charge in [0, 0.05) is 61.5 Å². The molecule has 30 heavy (non-hydrogen) atoms. The molecule has 0 saturated heterocycles. The van der Waals surface area contributed by atoms with Gasteiger partial charge < -0.3 is 20.4 Å². The molecule has 4 rings (SSSR count). The summed E-state index contributed by atoms with van der Waals surface area (Å²) in [6.07, 6.45) is 4.67. The SMILES string of the molecule is CN(C)c1ccc(C(CNC(=O)c2cc[n+]([O-])cc2)c2c[nH]c3ccccc23)cc1. The first-order valence-electron chi connectivity index (χ1n) is 9.83. The summed E-state index contributed by atoms with van der Waals surface area (Å²) in [7, 11) is 4.02. The molecule has 0 aliphatic carbocycles. The lowest BCUT2D eigenvalue weighted by atomic mass is 9.90. The summed E-state index contributed by atoms with van der Waals surface area (Å²) < 4.78 is 0.665. The smallest absolute Gasteiger partial charge is 0.251 e. The number of aromatic nitrogens is 2. The molecule has 0 spiro atoms. The second kappa shape index (κ2) is 8.29. The molecule has 6 heteroatoms. The van der Waals surface area contributed by atoms with E-state index in [2.05, 4.69) is 45.5 Å². The average Bonchev–Trinajstić information content (AvgIpc) is 3.19. The van der Waals surface area contributed by atoms with Crippen molar-refractivity contribution in [2.24, 2.45) is 0 Å². The number of rotatable bonds is 6. The normalized spacial score (nSPS) is 11.9. The number of pyridine rings is 1. The number of carbonyl (C=O) groups is 1. The second-order valence-corrected chi connectivity index (χ2v) is 7.48. The Morgan fingerprint density at radius 1 is 1.07 bits per heavy atom. The highest BCUT2D eigenvalue weighted by molar-refractivity contribution is 5.94. The van der Waals surface area contributed by atoms with Crippen LogP contribution in [0.25, 0.3) is 10.9 Å². The van der Waals surface area contributed by atoms with E-state index in [4.69, 9.17) is 0 Å². The zero-order valence-corrected chi connectivity index (χ0v) is 17.0. The Labute approximate surface area is 175 Å². The van der Waals surface area contributed by atoms with Crippen LogP contribution < -0.4 is 14.9 Å². The molecule has 2 aromatic heterocycles. The molecule has 1 amide bonds. The molecule has 0 aliphatic heterocycles. The van der Waals surface area contributed by atoms with E-state index in [1.54, 1.807) is 0 Å². The average molecular weight is 400 g/mol. The van der Waals surface area contributed by atoms with Gasteiger partial charge in [0.15, 0.2) is 12.4 Å². The molecule has 6 nitrogen and oxygen atoms in total. The molecule has 1 atom stereocenters. The van der Waals surface area contributed by atoms with Crippen LogP contribution in [0.5, 0.6) is 0 Å². The Kier molecular flexibility index (Phi) is 5.39. The first kappa shape index (κ1) is 19.5. The quantitative estimate of drug-likeness (QED) is 0.385. The van der Waals surface area contributed by atoms with Crippen molar-refractivity contribution in [1.29, 1.82) is 0 Å². The summed E-state index contributed by atoms with van der Waals surface area (Å²) in [6.45, 7) is 0.439. The van der Waals surface area contributed by atoms with Gasteiger partial charge in [-0.1, -0.05) is 30.3 Å². The molecular formula is C24H24N4O2. The van der Waals surface area contributed by atoms with Crippen molar-refractivity contribution in [3.8, 4) is 0 Å². The predicted molar refractivity (Wildman–Crippen MR) is 119 cm³/mol. The minimum atomic E-state index is -0.203. The monoisotopic (exact) mass is 400 g/mol. The fraction of sp³-hybridized carbons (Fsp3) is 0.167. The van der Waals surface area contributed by atoms with Gasteiger partial charge in [-0.3, -0.25) is 4.79 Å². The van der Waals surface area contributed by atoms with Gasteiger partial charge in [0.1, 0.15) is 0 Å². The van der Waals surface area contributed by atoms with Gasteiger partial charge in [0.2, 0.25) is 0 Å². The zero-order chi connectivity index (χ0) is 21.1. The van der Waals surface area contributed by atoms with E-state index in [0.29, 0.717) is 16.8 Å². The van der Waals surface area contributed by atoms with E-state index < -0.39 is 0 Å². The van der Waals surface area contributed by atoms with Gasteiger partial charge in [0.05, 0.1) is 5.56 Å². The molecule has 0 radical (unpaired) electrons. The van der Waals surface area contributed by atoms with Gasteiger partial charge in [-0.2, -0.15) is 4.73 Å². The van der Waals surface area contributed by atoms with Gasteiger partial charge >= 0.3 is 0 Å². The maximum Gasteiger partial charge on any atom is 0.251 e. The lowest BCUT2D eigenvalue weighted by molar-refractivity contribution is -0.605. The highest BCUT2D eigenvalue weighted by atomic mass is 16.5. The van der Waals surface area contributed by atoms with E-state index in [9.17, 15) is 10.0 Å². The summed E-state index contributed by atoms with van der Waals surface area (Å²) >= 11 is 0. The number of para-hydroxylation sites is 1. The minimum Gasteiger partial charge on any atom is -0.619 e. The number of benzene rings is 2. The van der Waals surface area contributed by atoms with Crippen LogP contribution in [0, 0.1) is 5.21 Å². The Morgan fingerprint density at radius 2 is 1.77 bits per heavy atom. The Morgan fingerprint density at radius 3 is 2.47 bits per heavy atom. The highest BCUT2D eigenvalue weighted by Crippen LogP contribution is 2.31. The Hall–Kier alpha value is -3.80. The topological polar surface area (TPSA) is 75.1 Å². The van der Waals surface area contributed by atoms with Crippen LogP contribution >= 0.6 is 0 Å². The minimum absolute atomic E-state index is 0.0190. The molecular weight excluding hydrogens is 376 g/mol. The van der Waals surface area contributed by atoms with Gasteiger partial charge in [-0.25, -0.2) is 0 Å². The number of aromatic amines is 1. The molecule has 0 fully saturated rings. The number of nitrogens with zero attached hydrogens (tertiary/aromatic N) is 2. The molecule has 2 aromatic carbocycles. The van der Waals surface area contributed by atoms with Crippen LogP contribution in [0.15, 0.2) is 79.3 Å². The maximum atomic E-state index is 12.6. The number of fused-ring (bicyclic) bond motifs is 1. The molecule has 152 valence electrons. The number of hydrogen-bond donors (Lipinski definition) is 2. The Balaban J connectivity index is 1.65. The van der Waals surface area contributed by atoms with Crippen molar-refractivity contribution >= 4 is 22.5 Å². The standard InChI is InChI=1S/C24H24N4O2/c1-27(2)19-9-7-17(8-10-19)21(22-16-25-23-6-4-3-5-20(22)23)15-26-24(29)18-11-13-28(30)14-12-18/h3-14,16,21,25H,15H2,1-2H3,(H,26,29). The van der Waals surface area contributed by atoms with Crippen LogP contribution in [0.3, 0.4) is 0 Å². The van der Waals surface area contributed by atoms with Crippen molar-refractivity contribution < 1.29 is 9.52 Å². The number of anilines is 1. The number of amides is 1. The summed E-state index contributed by atoms with van der Waals surface area (Å²) in [5, 5.41) is 15.4. The first-order valence-corrected chi connectivity index (χ1v) is 9.83. The largest absolute Gasteiger partial charge is 0.619 e. The first-order chi connectivity index (χ1) is 14.5. The lowest BCUT2D eigenvalue weighted by Gasteiger charge is -2.20. The van der Waals surface area contributed by atoms with Crippen LogP contribution in [-0.2, 0) is 0 Å². The fourth-order valence-corrected chi connectivity index (χ4v) is 3.66. The fourth-order valence-electron chi connectivity index (χ4n) is 3.66. The number of nitrogens with one attached hydrogen (secondary N) is 2. The van der Waals surface area contributed by atoms with Crippen LogP contribution in [-0.4, -0.2) is 31.5 Å². The van der Waals surface area contributed by atoms with Crippen LogP contribution in [0.2, 0.25) is 0 Å². The maximum absolute atomic E-state index is 12.6. The third-order valence-corrected chi connectivity index (χ3v) is 5.34. The lowest BCUT2D eigenvalue weighted by Crippen LogP contribution is -2.30. The summed E-state index contributed by atoms with van der Waals surface area (Å²) in [5.74, 6) is -0.222. The molecule has 1 unspecified atom stereocenters. The van der Waals surface area contributed by atoms with E-state index in [1.165, 1.54) is 24.5 Å². The van der Waals surface area contributed by atoms with Crippen molar-refractivity contribution in [2.75, 3.05) is 25.5 Å². The molecule has 2 N–H and O–H groups in total. The van der Waals surface area contributed by atoms with E-state index in [-0.39, 0.29) is 11.8 Å². The summed E-state index contributed by atoms with van der Waals surface area (Å²) in [5.41, 5.74) is 4.90. The summed E-state index contributed by atoms with van der Waals surface area (Å²) in [4.78, 5) is 18.0.